The van der Waals surface area contributed by atoms with Crippen molar-refractivity contribution >= 4 is 34.0 Å². The molecule has 0 fully saturated rings. The van der Waals surface area contributed by atoms with Crippen molar-refractivity contribution in [2.75, 3.05) is 5.32 Å². The molecule has 0 aliphatic carbocycles. The first-order chi connectivity index (χ1) is 9.72. The van der Waals surface area contributed by atoms with E-state index in [1.165, 1.54) is 0 Å². The van der Waals surface area contributed by atoms with Gasteiger partial charge in [-0.3, -0.25) is 4.79 Å². The summed E-state index contributed by atoms with van der Waals surface area (Å²) in [4.78, 5) is 12.2. The quantitative estimate of drug-likeness (QED) is 0.722. The van der Waals surface area contributed by atoms with Crippen LogP contribution in [-0.4, -0.2) is 5.91 Å². The van der Waals surface area contributed by atoms with Crippen LogP contribution in [0.25, 0.3) is 10.8 Å². The fourth-order valence-corrected chi connectivity index (χ4v) is 2.19. The van der Waals surface area contributed by atoms with Crippen molar-refractivity contribution < 1.29 is 4.79 Å². The van der Waals surface area contributed by atoms with Gasteiger partial charge < -0.3 is 5.32 Å². The smallest absolute Gasteiger partial charge is 0.255 e. The van der Waals surface area contributed by atoms with Gasteiger partial charge in [0, 0.05) is 16.3 Å². The zero-order chi connectivity index (χ0) is 13.9. The van der Waals surface area contributed by atoms with Crippen molar-refractivity contribution in [3.63, 3.8) is 0 Å². The van der Waals surface area contributed by atoms with Crippen LogP contribution in [0.4, 0.5) is 5.69 Å². The predicted octanol–water partition coefficient (Wildman–Crippen LogP) is 4.75. The molecule has 0 saturated heterocycles. The van der Waals surface area contributed by atoms with Crippen LogP contribution in [0.2, 0.25) is 5.02 Å². The summed E-state index contributed by atoms with van der Waals surface area (Å²) in [6.45, 7) is 0. The van der Waals surface area contributed by atoms with Crippen LogP contribution in [0.15, 0.2) is 66.7 Å². The second-order valence-electron chi connectivity index (χ2n) is 4.52. The Morgan fingerprint density at radius 3 is 2.30 bits per heavy atom. The number of nitrogens with one attached hydrogen (secondary N) is 1. The van der Waals surface area contributed by atoms with Crippen molar-refractivity contribution in [2.45, 2.75) is 0 Å². The fourth-order valence-electron chi connectivity index (χ4n) is 2.07. The molecule has 0 saturated carbocycles. The second kappa shape index (κ2) is 5.35. The van der Waals surface area contributed by atoms with Crippen molar-refractivity contribution in [2.24, 2.45) is 0 Å². The largest absolute Gasteiger partial charge is 0.322 e. The van der Waals surface area contributed by atoms with E-state index in [1.807, 2.05) is 42.5 Å². The highest BCUT2D eigenvalue weighted by Gasteiger charge is 2.06. The predicted molar refractivity (Wildman–Crippen MR) is 83.4 cm³/mol. The summed E-state index contributed by atoms with van der Waals surface area (Å²) in [5, 5.41) is 5.67. The standard InChI is InChI=1S/C17H12ClNO/c18-15-7-9-16(10-8-15)19-17(20)14-6-5-12-3-1-2-4-13(12)11-14/h1-11H,(H,19,20). The number of hydrogen-bond acceptors (Lipinski definition) is 1. The number of hydrogen-bond donors (Lipinski definition) is 1. The summed E-state index contributed by atoms with van der Waals surface area (Å²) < 4.78 is 0. The molecule has 20 heavy (non-hydrogen) atoms. The highest BCUT2D eigenvalue weighted by molar-refractivity contribution is 6.30. The highest BCUT2D eigenvalue weighted by Crippen LogP contribution is 2.18. The van der Waals surface area contributed by atoms with E-state index < -0.39 is 0 Å². The van der Waals surface area contributed by atoms with E-state index in [9.17, 15) is 4.79 Å². The molecule has 1 N–H and O–H groups in total. The Balaban J connectivity index is 1.86. The number of rotatable bonds is 2. The van der Waals surface area contributed by atoms with Gasteiger partial charge in [0.05, 0.1) is 0 Å². The van der Waals surface area contributed by atoms with Gasteiger partial charge in [0.25, 0.3) is 5.91 Å². The monoisotopic (exact) mass is 281 g/mol. The van der Waals surface area contributed by atoms with Crippen LogP contribution in [0.1, 0.15) is 10.4 Å². The zero-order valence-electron chi connectivity index (χ0n) is 10.6. The maximum absolute atomic E-state index is 12.2. The minimum Gasteiger partial charge on any atom is -0.322 e. The number of carbonyl (C=O) groups is 1. The lowest BCUT2D eigenvalue weighted by atomic mass is 10.1. The van der Waals surface area contributed by atoms with Gasteiger partial charge in [-0.25, -0.2) is 0 Å². The van der Waals surface area contributed by atoms with Crippen LogP contribution in [0.5, 0.6) is 0 Å². The van der Waals surface area contributed by atoms with E-state index in [1.54, 1.807) is 24.3 Å². The van der Waals surface area contributed by atoms with Crippen LogP contribution < -0.4 is 5.32 Å². The number of fused-ring (bicyclic) bond motifs is 1. The van der Waals surface area contributed by atoms with Gasteiger partial charge in [-0.2, -0.15) is 0 Å². The van der Waals surface area contributed by atoms with E-state index in [4.69, 9.17) is 11.6 Å². The molecule has 0 unspecified atom stereocenters. The minimum absolute atomic E-state index is 0.127. The third-order valence-electron chi connectivity index (χ3n) is 3.11. The molecule has 1 amide bonds. The molecule has 0 aromatic heterocycles. The van der Waals surface area contributed by atoms with Gasteiger partial charge in [0.1, 0.15) is 0 Å². The van der Waals surface area contributed by atoms with E-state index in [-0.39, 0.29) is 5.91 Å². The summed E-state index contributed by atoms with van der Waals surface area (Å²) in [5.41, 5.74) is 1.37. The lowest BCUT2D eigenvalue weighted by molar-refractivity contribution is 0.102. The fraction of sp³-hybridized carbons (Fsp3) is 0. The molecule has 3 aromatic rings. The van der Waals surface area contributed by atoms with Gasteiger partial charge in [0.2, 0.25) is 0 Å². The first-order valence-corrected chi connectivity index (χ1v) is 6.66. The van der Waals surface area contributed by atoms with Crippen LogP contribution in [0, 0.1) is 0 Å². The Labute approximate surface area is 122 Å². The normalized spacial score (nSPS) is 10.4. The molecule has 0 aliphatic rings. The van der Waals surface area contributed by atoms with Gasteiger partial charge >= 0.3 is 0 Å². The Hall–Kier alpha value is -2.32. The zero-order valence-corrected chi connectivity index (χ0v) is 11.4. The average molecular weight is 282 g/mol. The lowest BCUT2D eigenvalue weighted by Gasteiger charge is -2.06. The Bertz CT molecular complexity index is 765. The summed E-state index contributed by atoms with van der Waals surface area (Å²) in [6, 6.07) is 20.7. The molecule has 0 spiro atoms. The minimum atomic E-state index is -0.127. The molecule has 0 radical (unpaired) electrons. The third kappa shape index (κ3) is 2.65. The Morgan fingerprint density at radius 1 is 0.850 bits per heavy atom. The molecule has 0 aliphatic heterocycles. The van der Waals surface area contributed by atoms with Crippen molar-refractivity contribution in [3.05, 3.63) is 77.3 Å². The molecule has 98 valence electrons. The van der Waals surface area contributed by atoms with Gasteiger partial charge in [-0.05, 0) is 47.2 Å². The van der Waals surface area contributed by atoms with Crippen LogP contribution in [0.3, 0.4) is 0 Å². The molecule has 2 nitrogen and oxygen atoms in total. The number of anilines is 1. The topological polar surface area (TPSA) is 29.1 Å². The number of carbonyl (C=O) groups excluding carboxylic acids is 1. The van der Waals surface area contributed by atoms with Crippen molar-refractivity contribution in [1.29, 1.82) is 0 Å². The maximum atomic E-state index is 12.2. The van der Waals surface area contributed by atoms with E-state index in [0.29, 0.717) is 10.6 Å². The summed E-state index contributed by atoms with van der Waals surface area (Å²) in [7, 11) is 0. The molecular weight excluding hydrogens is 270 g/mol. The van der Waals surface area contributed by atoms with E-state index in [2.05, 4.69) is 5.32 Å². The van der Waals surface area contributed by atoms with E-state index >= 15 is 0 Å². The molecule has 0 atom stereocenters. The summed E-state index contributed by atoms with van der Waals surface area (Å²) >= 11 is 5.82. The SMILES string of the molecule is O=C(Nc1ccc(Cl)cc1)c1ccc2ccccc2c1. The first-order valence-electron chi connectivity index (χ1n) is 6.28. The first kappa shape index (κ1) is 12.7. The lowest BCUT2D eigenvalue weighted by Crippen LogP contribution is -2.11. The van der Waals surface area contributed by atoms with Gasteiger partial charge in [-0.1, -0.05) is 41.9 Å². The molecule has 3 rings (SSSR count). The third-order valence-corrected chi connectivity index (χ3v) is 3.37. The highest BCUT2D eigenvalue weighted by atomic mass is 35.5. The molecule has 3 heteroatoms. The Kier molecular flexibility index (Phi) is 3.40. The Morgan fingerprint density at radius 2 is 1.55 bits per heavy atom. The maximum Gasteiger partial charge on any atom is 0.255 e. The van der Waals surface area contributed by atoms with Crippen LogP contribution >= 0.6 is 11.6 Å². The molecule has 0 bridgehead atoms. The molecule has 0 heterocycles. The van der Waals surface area contributed by atoms with Gasteiger partial charge in [0.15, 0.2) is 0 Å². The van der Waals surface area contributed by atoms with Crippen molar-refractivity contribution in [1.82, 2.24) is 0 Å². The summed E-state index contributed by atoms with van der Waals surface area (Å²) in [6.07, 6.45) is 0. The van der Waals surface area contributed by atoms with Crippen LogP contribution in [-0.2, 0) is 0 Å². The number of benzene rings is 3. The average Bonchev–Trinajstić information content (AvgIpc) is 2.49. The number of halogens is 1. The molecular formula is C17H12ClNO. The second-order valence-corrected chi connectivity index (χ2v) is 4.96. The number of amides is 1. The summed E-state index contributed by atoms with van der Waals surface area (Å²) in [5.74, 6) is -0.127. The van der Waals surface area contributed by atoms with E-state index in [0.717, 1.165) is 16.5 Å². The van der Waals surface area contributed by atoms with Gasteiger partial charge in [-0.15, -0.1) is 0 Å². The van der Waals surface area contributed by atoms with Crippen molar-refractivity contribution in [3.8, 4) is 0 Å². The molecule has 3 aromatic carbocycles.